The minimum absolute atomic E-state index is 0.0144. The molecule has 0 amide bonds. The standard InChI is InChI=1S/C26H28N2O7/c1-4-35-26(31)22-16-21(25(30)34-3)17(2)27(19-11-8-12-20(15-19)28(32)33)23(22)13-14-24(29)18-9-6-5-7-10-18/h5-12,15,24,29H,4,13-14,16H2,1-3H3. The minimum Gasteiger partial charge on any atom is -0.466 e. The number of carbonyl (C=O) groups is 2. The van der Waals surface area contributed by atoms with Crippen LogP contribution in [0.4, 0.5) is 11.4 Å². The van der Waals surface area contributed by atoms with Crippen molar-refractivity contribution < 1.29 is 29.1 Å². The van der Waals surface area contributed by atoms with E-state index in [0.29, 0.717) is 17.1 Å². The highest BCUT2D eigenvalue weighted by Gasteiger charge is 2.34. The first-order valence-corrected chi connectivity index (χ1v) is 11.2. The van der Waals surface area contributed by atoms with Gasteiger partial charge in [-0.1, -0.05) is 36.4 Å². The van der Waals surface area contributed by atoms with Crippen LogP contribution in [0.5, 0.6) is 0 Å². The number of allylic oxidation sites excluding steroid dienone is 2. The number of aliphatic hydroxyl groups excluding tert-OH is 1. The Hall–Kier alpha value is -3.98. The highest BCUT2D eigenvalue weighted by atomic mass is 16.6. The van der Waals surface area contributed by atoms with Gasteiger partial charge in [0.2, 0.25) is 0 Å². The molecule has 1 aliphatic heterocycles. The first-order valence-electron chi connectivity index (χ1n) is 11.2. The Bertz CT molecular complexity index is 1170. The number of nitro benzene ring substituents is 1. The summed E-state index contributed by atoms with van der Waals surface area (Å²) in [6.07, 6.45) is -0.294. The Morgan fingerprint density at radius 2 is 1.83 bits per heavy atom. The summed E-state index contributed by atoms with van der Waals surface area (Å²) in [6.45, 7) is 3.51. The molecule has 1 N–H and O–H groups in total. The fraction of sp³-hybridized carbons (Fsp3) is 0.308. The molecule has 35 heavy (non-hydrogen) atoms. The highest BCUT2D eigenvalue weighted by molar-refractivity contribution is 5.98. The molecule has 0 aliphatic carbocycles. The molecule has 1 atom stereocenters. The van der Waals surface area contributed by atoms with E-state index in [1.807, 2.05) is 30.3 Å². The summed E-state index contributed by atoms with van der Waals surface area (Å²) in [7, 11) is 1.25. The molecule has 9 heteroatoms. The van der Waals surface area contributed by atoms with Gasteiger partial charge in [0.05, 0.1) is 41.6 Å². The van der Waals surface area contributed by atoms with E-state index in [1.54, 1.807) is 24.8 Å². The minimum atomic E-state index is -0.801. The number of nitrogens with zero attached hydrogens (tertiary/aromatic N) is 2. The van der Waals surface area contributed by atoms with Crippen LogP contribution in [0.2, 0.25) is 0 Å². The van der Waals surface area contributed by atoms with Crippen LogP contribution >= 0.6 is 0 Å². The van der Waals surface area contributed by atoms with Crippen LogP contribution in [0.3, 0.4) is 0 Å². The van der Waals surface area contributed by atoms with Crippen LogP contribution in [-0.2, 0) is 19.1 Å². The molecular formula is C26H28N2O7. The Labute approximate surface area is 203 Å². The van der Waals surface area contributed by atoms with Gasteiger partial charge in [-0.05, 0) is 38.3 Å². The van der Waals surface area contributed by atoms with Gasteiger partial charge in [0.25, 0.3) is 5.69 Å². The number of non-ortho nitro benzene ring substituents is 1. The van der Waals surface area contributed by atoms with Crippen LogP contribution in [0.1, 0.15) is 44.8 Å². The Balaban J connectivity index is 2.12. The summed E-state index contributed by atoms with van der Waals surface area (Å²) in [5.41, 5.74) is 2.47. The molecule has 0 saturated carbocycles. The third kappa shape index (κ3) is 5.75. The molecule has 1 aliphatic rings. The van der Waals surface area contributed by atoms with Crippen molar-refractivity contribution in [2.45, 2.75) is 39.2 Å². The topological polar surface area (TPSA) is 119 Å². The van der Waals surface area contributed by atoms with Gasteiger partial charge in [0, 0.05) is 29.9 Å². The third-order valence-electron chi connectivity index (χ3n) is 5.84. The van der Waals surface area contributed by atoms with E-state index in [9.17, 15) is 24.8 Å². The van der Waals surface area contributed by atoms with Crippen molar-refractivity contribution in [1.82, 2.24) is 0 Å². The van der Waals surface area contributed by atoms with E-state index in [1.165, 1.54) is 25.3 Å². The lowest BCUT2D eigenvalue weighted by atomic mass is 9.92. The van der Waals surface area contributed by atoms with Gasteiger partial charge in [0.1, 0.15) is 0 Å². The summed E-state index contributed by atoms with van der Waals surface area (Å²) < 4.78 is 10.2. The fourth-order valence-electron chi connectivity index (χ4n) is 4.10. The molecule has 0 bridgehead atoms. The van der Waals surface area contributed by atoms with Crippen molar-refractivity contribution in [3.8, 4) is 0 Å². The maximum absolute atomic E-state index is 13.0. The Kier molecular flexibility index (Phi) is 8.38. The van der Waals surface area contributed by atoms with Crippen molar-refractivity contribution in [2.75, 3.05) is 18.6 Å². The molecule has 9 nitrogen and oxygen atoms in total. The second-order valence-electron chi connectivity index (χ2n) is 7.96. The molecule has 184 valence electrons. The summed E-state index contributed by atoms with van der Waals surface area (Å²) >= 11 is 0. The normalized spacial score (nSPS) is 14.6. The molecule has 0 fully saturated rings. The lowest BCUT2D eigenvalue weighted by molar-refractivity contribution is -0.384. The van der Waals surface area contributed by atoms with E-state index in [4.69, 9.17) is 9.47 Å². The number of esters is 2. The number of benzene rings is 2. The first-order chi connectivity index (χ1) is 16.8. The zero-order chi connectivity index (χ0) is 25.5. The summed E-state index contributed by atoms with van der Waals surface area (Å²) in [6, 6.07) is 15.1. The zero-order valence-corrected chi connectivity index (χ0v) is 19.9. The maximum atomic E-state index is 13.0. The average molecular weight is 481 g/mol. The van der Waals surface area contributed by atoms with Crippen LogP contribution in [-0.4, -0.2) is 35.7 Å². The highest BCUT2D eigenvalue weighted by Crippen LogP contribution is 2.39. The molecular weight excluding hydrogens is 452 g/mol. The van der Waals surface area contributed by atoms with Crippen molar-refractivity contribution >= 4 is 23.3 Å². The number of aliphatic hydroxyl groups is 1. The van der Waals surface area contributed by atoms with Gasteiger partial charge in [-0.3, -0.25) is 10.1 Å². The van der Waals surface area contributed by atoms with E-state index in [2.05, 4.69) is 0 Å². The molecule has 1 unspecified atom stereocenters. The maximum Gasteiger partial charge on any atom is 0.336 e. The van der Waals surface area contributed by atoms with Crippen LogP contribution in [0, 0.1) is 10.1 Å². The smallest absolute Gasteiger partial charge is 0.336 e. The number of nitro groups is 1. The number of hydrogen-bond acceptors (Lipinski definition) is 8. The van der Waals surface area contributed by atoms with E-state index >= 15 is 0 Å². The number of hydrogen-bond donors (Lipinski definition) is 1. The lowest BCUT2D eigenvalue weighted by Gasteiger charge is -2.35. The van der Waals surface area contributed by atoms with Gasteiger partial charge >= 0.3 is 11.9 Å². The molecule has 0 spiro atoms. The van der Waals surface area contributed by atoms with E-state index < -0.39 is 23.0 Å². The van der Waals surface area contributed by atoms with Crippen LogP contribution in [0.15, 0.2) is 77.1 Å². The summed E-state index contributed by atoms with van der Waals surface area (Å²) in [5, 5.41) is 22.2. The predicted octanol–water partition coefficient (Wildman–Crippen LogP) is 4.58. The second-order valence-corrected chi connectivity index (χ2v) is 7.96. The molecule has 0 aromatic heterocycles. The monoisotopic (exact) mass is 480 g/mol. The quantitative estimate of drug-likeness (QED) is 0.315. The van der Waals surface area contributed by atoms with Crippen LogP contribution in [0.25, 0.3) is 0 Å². The average Bonchev–Trinajstić information content (AvgIpc) is 2.87. The van der Waals surface area contributed by atoms with Crippen molar-refractivity contribution in [3.05, 3.63) is 92.8 Å². The van der Waals surface area contributed by atoms with Crippen molar-refractivity contribution in [2.24, 2.45) is 0 Å². The Morgan fingerprint density at radius 3 is 2.46 bits per heavy atom. The van der Waals surface area contributed by atoms with Gasteiger partial charge in [-0.2, -0.15) is 0 Å². The van der Waals surface area contributed by atoms with Crippen molar-refractivity contribution in [3.63, 3.8) is 0 Å². The Morgan fingerprint density at radius 1 is 1.11 bits per heavy atom. The third-order valence-corrected chi connectivity index (χ3v) is 5.84. The van der Waals surface area contributed by atoms with Crippen molar-refractivity contribution in [1.29, 1.82) is 0 Å². The number of ether oxygens (including phenoxy) is 2. The molecule has 3 rings (SSSR count). The number of anilines is 1. The van der Waals surface area contributed by atoms with Gasteiger partial charge in [-0.15, -0.1) is 0 Å². The van der Waals surface area contributed by atoms with E-state index in [-0.39, 0.29) is 42.7 Å². The molecule has 1 heterocycles. The molecule has 0 saturated heterocycles. The van der Waals surface area contributed by atoms with Gasteiger partial charge in [-0.25, -0.2) is 9.59 Å². The number of carbonyl (C=O) groups excluding carboxylic acids is 2. The lowest BCUT2D eigenvalue weighted by Crippen LogP contribution is -2.32. The summed E-state index contributed by atoms with van der Waals surface area (Å²) in [5.74, 6) is -1.20. The van der Waals surface area contributed by atoms with E-state index in [0.717, 1.165) is 5.56 Å². The second kappa shape index (κ2) is 11.4. The predicted molar refractivity (Wildman–Crippen MR) is 129 cm³/mol. The molecule has 0 radical (unpaired) electrons. The van der Waals surface area contributed by atoms with Crippen LogP contribution < -0.4 is 4.90 Å². The SMILES string of the molecule is CCOC(=O)C1=C(CCC(O)c2ccccc2)N(c2cccc([N+](=O)[O-])c2)C(C)=C(C(=O)OC)C1. The van der Waals surface area contributed by atoms with Gasteiger partial charge < -0.3 is 19.5 Å². The fourth-order valence-corrected chi connectivity index (χ4v) is 4.10. The summed E-state index contributed by atoms with van der Waals surface area (Å²) in [4.78, 5) is 38.1. The number of rotatable bonds is 9. The zero-order valence-electron chi connectivity index (χ0n) is 19.9. The van der Waals surface area contributed by atoms with Gasteiger partial charge in [0.15, 0.2) is 0 Å². The molecule has 2 aromatic carbocycles. The largest absolute Gasteiger partial charge is 0.466 e. The number of methoxy groups -OCH3 is 1. The first kappa shape index (κ1) is 25.6. The molecule has 2 aromatic rings.